The molecule has 0 aromatic carbocycles. The molecule has 0 saturated carbocycles. The van der Waals surface area contributed by atoms with Crippen LogP contribution < -0.4 is 0 Å². The first-order valence-electron chi connectivity index (χ1n) is 9.70. The summed E-state index contributed by atoms with van der Waals surface area (Å²) in [5.41, 5.74) is 0. The van der Waals surface area contributed by atoms with Gasteiger partial charge in [0.05, 0.1) is 12.8 Å². The number of unbranched alkanes of at least 4 members (excludes halogenated alkanes) is 7. The molecule has 0 bridgehead atoms. The maximum Gasteiger partial charge on any atom is 0.0998 e. The fourth-order valence-electron chi connectivity index (χ4n) is 4.11. The van der Waals surface area contributed by atoms with Gasteiger partial charge in [-0.2, -0.15) is 0 Å². The Kier molecular flexibility index (Phi) is 8.10. The summed E-state index contributed by atoms with van der Waals surface area (Å²) in [4.78, 5) is 2.62. The summed E-state index contributed by atoms with van der Waals surface area (Å²) in [6.07, 6.45) is 17.3. The van der Waals surface area contributed by atoms with E-state index >= 15 is 0 Å². The molecule has 0 N–H and O–H groups in total. The van der Waals surface area contributed by atoms with E-state index < -0.39 is 0 Å². The van der Waals surface area contributed by atoms with Crippen molar-refractivity contribution in [1.29, 1.82) is 0 Å². The van der Waals surface area contributed by atoms with Crippen LogP contribution in [0.3, 0.4) is 0 Å². The minimum absolute atomic E-state index is 0.544. The number of piperidine rings is 1. The normalized spacial score (nSPS) is 29.7. The molecule has 2 aliphatic heterocycles. The second-order valence-electron chi connectivity index (χ2n) is 7.29. The van der Waals surface area contributed by atoms with E-state index in [0.717, 1.165) is 18.7 Å². The molecular formula is C19H37NO. The quantitative estimate of drug-likeness (QED) is 0.503. The van der Waals surface area contributed by atoms with Crippen molar-refractivity contribution in [3.63, 3.8) is 0 Å². The van der Waals surface area contributed by atoms with Gasteiger partial charge in [0.1, 0.15) is 0 Å². The Balaban J connectivity index is 1.52. The van der Waals surface area contributed by atoms with Gasteiger partial charge in [-0.15, -0.1) is 0 Å². The maximum atomic E-state index is 6.08. The van der Waals surface area contributed by atoms with Gasteiger partial charge in [0, 0.05) is 12.6 Å². The molecular weight excluding hydrogens is 258 g/mol. The van der Waals surface area contributed by atoms with E-state index in [4.69, 9.17) is 4.74 Å². The lowest BCUT2D eigenvalue weighted by Gasteiger charge is -2.35. The lowest BCUT2D eigenvalue weighted by Crippen LogP contribution is -2.42. The van der Waals surface area contributed by atoms with Gasteiger partial charge in [-0.25, -0.2) is 0 Å². The Morgan fingerprint density at radius 3 is 2.33 bits per heavy atom. The summed E-state index contributed by atoms with van der Waals surface area (Å²) in [7, 11) is 0. The van der Waals surface area contributed by atoms with Crippen molar-refractivity contribution in [3.8, 4) is 0 Å². The third-order valence-corrected chi connectivity index (χ3v) is 5.64. The number of fused-ring (bicyclic) bond motifs is 1. The van der Waals surface area contributed by atoms with Crippen LogP contribution in [-0.4, -0.2) is 30.3 Å². The van der Waals surface area contributed by atoms with E-state index in [0.29, 0.717) is 6.10 Å². The molecule has 2 fully saturated rings. The van der Waals surface area contributed by atoms with Gasteiger partial charge >= 0.3 is 0 Å². The first-order valence-corrected chi connectivity index (χ1v) is 9.70. The second kappa shape index (κ2) is 9.84. The molecule has 2 rings (SSSR count). The van der Waals surface area contributed by atoms with Gasteiger partial charge in [-0.05, 0) is 25.2 Å². The van der Waals surface area contributed by atoms with Crippen LogP contribution >= 0.6 is 0 Å². The van der Waals surface area contributed by atoms with Gasteiger partial charge in [0.25, 0.3) is 0 Å². The van der Waals surface area contributed by atoms with E-state index in [-0.39, 0.29) is 0 Å². The molecule has 2 heterocycles. The number of hydrogen-bond acceptors (Lipinski definition) is 2. The molecule has 0 aromatic rings. The SMILES string of the molecule is CCCCCCCCCCC1OCN2CC(CC)CCC12. The third-order valence-electron chi connectivity index (χ3n) is 5.64. The molecule has 3 unspecified atom stereocenters. The minimum atomic E-state index is 0.544. The standard InChI is InChI=1S/C19H37NO/c1-3-5-6-7-8-9-10-11-12-19-18-14-13-17(4-2)15-20(18)16-21-19/h17-19H,3-16H2,1-2H3. The lowest BCUT2D eigenvalue weighted by molar-refractivity contribution is 0.0800. The van der Waals surface area contributed by atoms with E-state index in [1.165, 1.54) is 83.6 Å². The predicted octanol–water partition coefficient (Wildman–Crippen LogP) is 5.36. The highest BCUT2D eigenvalue weighted by molar-refractivity contribution is 4.89. The van der Waals surface area contributed by atoms with Gasteiger partial charge in [0.2, 0.25) is 0 Å². The highest BCUT2D eigenvalue weighted by Gasteiger charge is 2.38. The Hall–Kier alpha value is -0.0800. The topological polar surface area (TPSA) is 12.5 Å². The highest BCUT2D eigenvalue weighted by atomic mass is 16.5. The average Bonchev–Trinajstić information content (AvgIpc) is 2.92. The molecule has 0 spiro atoms. The predicted molar refractivity (Wildman–Crippen MR) is 90.5 cm³/mol. The zero-order chi connectivity index (χ0) is 14.9. The van der Waals surface area contributed by atoms with E-state index in [2.05, 4.69) is 18.7 Å². The maximum absolute atomic E-state index is 6.08. The van der Waals surface area contributed by atoms with Crippen LogP contribution in [0.4, 0.5) is 0 Å². The van der Waals surface area contributed by atoms with Gasteiger partial charge in [0.15, 0.2) is 0 Å². The van der Waals surface area contributed by atoms with Crippen molar-refractivity contribution in [1.82, 2.24) is 4.90 Å². The van der Waals surface area contributed by atoms with Gasteiger partial charge < -0.3 is 4.74 Å². The van der Waals surface area contributed by atoms with Crippen LogP contribution in [-0.2, 0) is 4.74 Å². The Morgan fingerprint density at radius 2 is 1.62 bits per heavy atom. The number of ether oxygens (including phenoxy) is 1. The van der Waals surface area contributed by atoms with Gasteiger partial charge in [-0.3, -0.25) is 4.90 Å². The molecule has 2 saturated heterocycles. The molecule has 3 atom stereocenters. The fourth-order valence-corrected chi connectivity index (χ4v) is 4.11. The fraction of sp³-hybridized carbons (Fsp3) is 1.00. The zero-order valence-corrected chi connectivity index (χ0v) is 14.5. The van der Waals surface area contributed by atoms with Crippen molar-refractivity contribution in [3.05, 3.63) is 0 Å². The molecule has 124 valence electrons. The Bertz CT molecular complexity index is 268. The molecule has 0 radical (unpaired) electrons. The van der Waals surface area contributed by atoms with Crippen LogP contribution in [0.2, 0.25) is 0 Å². The number of hydrogen-bond donors (Lipinski definition) is 0. The largest absolute Gasteiger partial charge is 0.361 e. The number of nitrogens with zero attached hydrogens (tertiary/aromatic N) is 1. The molecule has 2 nitrogen and oxygen atoms in total. The second-order valence-corrected chi connectivity index (χ2v) is 7.29. The van der Waals surface area contributed by atoms with Crippen molar-refractivity contribution in [2.24, 2.45) is 5.92 Å². The first kappa shape index (κ1) is 17.3. The van der Waals surface area contributed by atoms with Crippen molar-refractivity contribution in [2.45, 2.75) is 103 Å². The molecule has 0 aliphatic carbocycles. The molecule has 21 heavy (non-hydrogen) atoms. The lowest BCUT2D eigenvalue weighted by atomic mass is 9.88. The van der Waals surface area contributed by atoms with Crippen molar-refractivity contribution >= 4 is 0 Å². The minimum Gasteiger partial charge on any atom is -0.361 e. The van der Waals surface area contributed by atoms with E-state index in [1.807, 2.05) is 0 Å². The smallest absolute Gasteiger partial charge is 0.0998 e. The molecule has 0 aromatic heterocycles. The molecule has 2 heteroatoms. The molecule has 0 amide bonds. The van der Waals surface area contributed by atoms with Crippen molar-refractivity contribution < 1.29 is 4.74 Å². The average molecular weight is 296 g/mol. The molecule has 2 aliphatic rings. The first-order chi connectivity index (χ1) is 10.3. The van der Waals surface area contributed by atoms with Crippen LogP contribution in [0.25, 0.3) is 0 Å². The van der Waals surface area contributed by atoms with Crippen LogP contribution in [0.5, 0.6) is 0 Å². The Labute approximate surface area is 132 Å². The summed E-state index contributed by atoms with van der Waals surface area (Å²) < 4.78 is 6.08. The number of rotatable bonds is 10. The van der Waals surface area contributed by atoms with Gasteiger partial charge in [-0.1, -0.05) is 71.6 Å². The van der Waals surface area contributed by atoms with Crippen molar-refractivity contribution in [2.75, 3.05) is 13.3 Å². The van der Waals surface area contributed by atoms with Crippen LogP contribution in [0.15, 0.2) is 0 Å². The zero-order valence-electron chi connectivity index (χ0n) is 14.5. The Morgan fingerprint density at radius 1 is 0.905 bits per heavy atom. The summed E-state index contributed by atoms with van der Waals surface area (Å²) >= 11 is 0. The van der Waals surface area contributed by atoms with Crippen LogP contribution in [0, 0.1) is 5.92 Å². The van der Waals surface area contributed by atoms with E-state index in [1.54, 1.807) is 0 Å². The summed E-state index contributed by atoms with van der Waals surface area (Å²) in [5.74, 6) is 0.923. The summed E-state index contributed by atoms with van der Waals surface area (Å²) in [5, 5.41) is 0. The summed E-state index contributed by atoms with van der Waals surface area (Å²) in [6.45, 7) is 6.82. The summed E-state index contributed by atoms with van der Waals surface area (Å²) in [6, 6.07) is 0.748. The third kappa shape index (κ3) is 5.56. The van der Waals surface area contributed by atoms with E-state index in [9.17, 15) is 0 Å². The van der Waals surface area contributed by atoms with Crippen LogP contribution in [0.1, 0.15) is 90.9 Å². The monoisotopic (exact) mass is 295 g/mol. The highest BCUT2D eigenvalue weighted by Crippen LogP contribution is 2.32.